The molecule has 0 radical (unpaired) electrons. The zero-order valence-corrected chi connectivity index (χ0v) is 20.9. The number of methoxy groups -OCH3 is 1. The standard InChI is InChI=1S/C28H27N3O4S/c1-18(20-6-4-3-5-7-20)29-28(36)31(15-19-8-10-23(33-2)11-9-19)16-22-12-21-13-25-26(35-17-34-25)14-24(21)30-27(22)32/h3-14,18H,15-17H2,1-2H3,(H,29,36)(H,30,32)/t18-/m0/s1. The number of thiocarbonyl (C=S) groups is 1. The SMILES string of the molecule is COc1ccc(CN(Cc2cc3cc4c(cc3[nH]c2=O)OCO4)C(=S)N[C@@H](C)c2ccccc2)cc1. The van der Waals surface area contributed by atoms with E-state index in [0.717, 1.165) is 22.3 Å². The van der Waals surface area contributed by atoms with E-state index < -0.39 is 0 Å². The summed E-state index contributed by atoms with van der Waals surface area (Å²) in [4.78, 5) is 18.0. The van der Waals surface area contributed by atoms with Crippen molar-refractivity contribution in [2.75, 3.05) is 13.9 Å². The van der Waals surface area contributed by atoms with E-state index in [1.807, 2.05) is 59.5 Å². The number of rotatable bonds is 7. The Balaban J connectivity index is 1.43. The zero-order valence-electron chi connectivity index (χ0n) is 20.1. The number of ether oxygens (including phenoxy) is 3. The molecule has 8 heteroatoms. The number of aromatic nitrogens is 1. The van der Waals surface area contributed by atoms with Gasteiger partial charge in [-0.3, -0.25) is 4.79 Å². The number of hydrogen-bond donors (Lipinski definition) is 2. The van der Waals surface area contributed by atoms with Crippen LogP contribution in [0.2, 0.25) is 0 Å². The maximum absolute atomic E-state index is 13.0. The minimum absolute atomic E-state index is 0.00620. The Morgan fingerprint density at radius 1 is 1.06 bits per heavy atom. The topological polar surface area (TPSA) is 75.8 Å². The monoisotopic (exact) mass is 501 g/mol. The molecule has 0 aliphatic carbocycles. The summed E-state index contributed by atoms with van der Waals surface area (Å²) < 4.78 is 16.2. The lowest BCUT2D eigenvalue weighted by Gasteiger charge is -2.28. The molecular formula is C28H27N3O4S. The first-order valence-corrected chi connectivity index (χ1v) is 12.1. The molecule has 2 N–H and O–H groups in total. The lowest BCUT2D eigenvalue weighted by molar-refractivity contribution is 0.174. The second-order valence-electron chi connectivity index (χ2n) is 8.70. The van der Waals surface area contributed by atoms with Gasteiger partial charge in [0.1, 0.15) is 5.75 Å². The summed E-state index contributed by atoms with van der Waals surface area (Å²) in [6.07, 6.45) is 0. The molecule has 0 saturated heterocycles. The molecule has 5 rings (SSSR count). The smallest absolute Gasteiger partial charge is 0.253 e. The van der Waals surface area contributed by atoms with Gasteiger partial charge in [-0.2, -0.15) is 0 Å². The second-order valence-corrected chi connectivity index (χ2v) is 9.09. The van der Waals surface area contributed by atoms with Crippen molar-refractivity contribution in [3.05, 3.63) is 99.8 Å². The van der Waals surface area contributed by atoms with Gasteiger partial charge in [0.2, 0.25) is 6.79 Å². The van der Waals surface area contributed by atoms with Crippen LogP contribution in [-0.2, 0) is 13.1 Å². The van der Waals surface area contributed by atoms with Crippen molar-refractivity contribution in [3.8, 4) is 17.2 Å². The largest absolute Gasteiger partial charge is 0.497 e. The zero-order chi connectivity index (χ0) is 25.1. The Morgan fingerprint density at radius 2 is 1.78 bits per heavy atom. The molecule has 36 heavy (non-hydrogen) atoms. The van der Waals surface area contributed by atoms with Crippen LogP contribution in [0, 0.1) is 0 Å². The molecule has 0 fully saturated rings. The van der Waals surface area contributed by atoms with Crippen molar-refractivity contribution in [2.24, 2.45) is 0 Å². The van der Waals surface area contributed by atoms with Crippen LogP contribution in [0.25, 0.3) is 10.9 Å². The highest BCUT2D eigenvalue weighted by atomic mass is 32.1. The summed E-state index contributed by atoms with van der Waals surface area (Å²) in [6, 6.07) is 23.5. The van der Waals surface area contributed by atoms with E-state index in [4.69, 9.17) is 26.4 Å². The van der Waals surface area contributed by atoms with Crippen LogP contribution in [-0.4, -0.2) is 28.9 Å². The first kappa shape index (κ1) is 23.7. The first-order valence-electron chi connectivity index (χ1n) is 11.7. The lowest BCUT2D eigenvalue weighted by atomic mass is 10.1. The summed E-state index contributed by atoms with van der Waals surface area (Å²) in [6.45, 7) is 3.10. The van der Waals surface area contributed by atoms with E-state index in [1.54, 1.807) is 13.2 Å². The van der Waals surface area contributed by atoms with Gasteiger partial charge in [-0.05, 0) is 54.5 Å². The minimum atomic E-state index is -0.167. The predicted octanol–water partition coefficient (Wildman–Crippen LogP) is 4.90. The molecule has 2 heterocycles. The van der Waals surface area contributed by atoms with E-state index in [1.165, 1.54) is 0 Å². The fraction of sp³-hybridized carbons (Fsp3) is 0.214. The predicted molar refractivity (Wildman–Crippen MR) is 144 cm³/mol. The van der Waals surface area contributed by atoms with Gasteiger partial charge in [-0.15, -0.1) is 0 Å². The highest BCUT2D eigenvalue weighted by Gasteiger charge is 2.19. The molecule has 1 aliphatic rings. The molecule has 7 nitrogen and oxygen atoms in total. The van der Waals surface area contributed by atoms with Gasteiger partial charge in [0.25, 0.3) is 5.56 Å². The number of benzene rings is 3. The van der Waals surface area contributed by atoms with E-state index in [2.05, 4.69) is 29.4 Å². The Labute approximate surface area is 214 Å². The first-order chi connectivity index (χ1) is 17.5. The molecule has 4 aromatic rings. The molecule has 3 aromatic carbocycles. The third-order valence-corrected chi connectivity index (χ3v) is 6.61. The summed E-state index contributed by atoms with van der Waals surface area (Å²) in [5, 5.41) is 4.87. The van der Waals surface area contributed by atoms with E-state index in [-0.39, 0.29) is 18.4 Å². The lowest BCUT2D eigenvalue weighted by Crippen LogP contribution is -2.41. The number of H-pyrrole nitrogens is 1. The summed E-state index contributed by atoms with van der Waals surface area (Å²) >= 11 is 5.84. The molecule has 0 amide bonds. The van der Waals surface area contributed by atoms with Crippen LogP contribution >= 0.6 is 12.2 Å². The molecule has 184 valence electrons. The number of fused-ring (bicyclic) bond motifs is 2. The second kappa shape index (κ2) is 10.3. The maximum Gasteiger partial charge on any atom is 0.253 e. The fourth-order valence-corrected chi connectivity index (χ4v) is 4.52. The Hall–Kier alpha value is -4.04. The quantitative estimate of drug-likeness (QED) is 0.349. The number of nitrogens with zero attached hydrogens (tertiary/aromatic N) is 1. The average molecular weight is 502 g/mol. The van der Waals surface area contributed by atoms with Crippen molar-refractivity contribution in [1.82, 2.24) is 15.2 Å². The van der Waals surface area contributed by atoms with E-state index in [9.17, 15) is 4.79 Å². The van der Waals surface area contributed by atoms with Crippen molar-refractivity contribution in [2.45, 2.75) is 26.1 Å². The summed E-state index contributed by atoms with van der Waals surface area (Å²) in [7, 11) is 1.64. The molecular weight excluding hydrogens is 474 g/mol. The molecule has 1 aromatic heterocycles. The van der Waals surface area contributed by atoms with Crippen LogP contribution < -0.4 is 25.1 Å². The van der Waals surface area contributed by atoms with Gasteiger partial charge in [-0.1, -0.05) is 42.5 Å². The summed E-state index contributed by atoms with van der Waals surface area (Å²) in [5.41, 5.74) is 3.32. The van der Waals surface area contributed by atoms with E-state index in [0.29, 0.717) is 40.8 Å². The molecule has 1 atom stereocenters. The molecule has 0 saturated carbocycles. The molecule has 0 unspecified atom stereocenters. The van der Waals surface area contributed by atoms with Crippen molar-refractivity contribution in [1.29, 1.82) is 0 Å². The van der Waals surface area contributed by atoms with Gasteiger partial charge < -0.3 is 29.4 Å². The van der Waals surface area contributed by atoms with Crippen LogP contribution in [0.3, 0.4) is 0 Å². The van der Waals surface area contributed by atoms with Gasteiger partial charge in [-0.25, -0.2) is 0 Å². The van der Waals surface area contributed by atoms with Crippen molar-refractivity contribution in [3.63, 3.8) is 0 Å². The van der Waals surface area contributed by atoms with E-state index >= 15 is 0 Å². The van der Waals surface area contributed by atoms with Gasteiger partial charge in [0.15, 0.2) is 16.6 Å². The third kappa shape index (κ3) is 5.13. The number of hydrogen-bond acceptors (Lipinski definition) is 5. The summed E-state index contributed by atoms with van der Waals surface area (Å²) in [5.74, 6) is 2.09. The Kier molecular flexibility index (Phi) is 6.77. The highest BCUT2D eigenvalue weighted by molar-refractivity contribution is 7.80. The van der Waals surface area contributed by atoms with Crippen LogP contribution in [0.5, 0.6) is 17.2 Å². The Morgan fingerprint density at radius 3 is 2.50 bits per heavy atom. The van der Waals surface area contributed by atoms with Gasteiger partial charge in [0.05, 0.1) is 25.2 Å². The maximum atomic E-state index is 13.0. The minimum Gasteiger partial charge on any atom is -0.497 e. The average Bonchev–Trinajstić information content (AvgIpc) is 3.35. The van der Waals surface area contributed by atoms with Crippen LogP contribution in [0.15, 0.2) is 77.6 Å². The third-order valence-electron chi connectivity index (χ3n) is 6.23. The highest BCUT2D eigenvalue weighted by Crippen LogP contribution is 2.35. The molecule has 0 spiro atoms. The normalized spacial score (nSPS) is 12.8. The van der Waals surface area contributed by atoms with Crippen molar-refractivity contribution >= 4 is 28.2 Å². The van der Waals surface area contributed by atoms with Gasteiger partial charge in [0, 0.05) is 23.6 Å². The molecule has 1 aliphatic heterocycles. The van der Waals surface area contributed by atoms with Crippen LogP contribution in [0.1, 0.15) is 29.7 Å². The number of nitrogens with one attached hydrogen (secondary N) is 2. The van der Waals surface area contributed by atoms with Crippen LogP contribution in [0.4, 0.5) is 0 Å². The van der Waals surface area contributed by atoms with Crippen molar-refractivity contribution < 1.29 is 14.2 Å². The molecule has 0 bridgehead atoms. The number of pyridine rings is 1. The van der Waals surface area contributed by atoms with Gasteiger partial charge >= 0.3 is 0 Å². The number of aromatic amines is 1. The Bertz CT molecular complexity index is 1440. The fourth-order valence-electron chi connectivity index (χ4n) is 4.22.